The summed E-state index contributed by atoms with van der Waals surface area (Å²) in [5.74, 6) is 0.739. The van der Waals surface area contributed by atoms with Crippen molar-refractivity contribution >= 4 is 32.9 Å². The summed E-state index contributed by atoms with van der Waals surface area (Å²) < 4.78 is 14.9. The summed E-state index contributed by atoms with van der Waals surface area (Å²) in [5, 5.41) is 4.25. The van der Waals surface area contributed by atoms with Gasteiger partial charge in [-0.15, -0.1) is 0 Å². The molecular weight excluding hydrogens is 360 g/mol. The molecule has 0 aliphatic carbocycles. The van der Waals surface area contributed by atoms with Crippen molar-refractivity contribution in [1.29, 1.82) is 0 Å². The Bertz CT molecular complexity index is 535. The van der Waals surface area contributed by atoms with Gasteiger partial charge in [0.25, 0.3) is 0 Å². The zero-order valence-electron chi connectivity index (χ0n) is 13.2. The van der Waals surface area contributed by atoms with E-state index in [4.69, 9.17) is 0 Å². The van der Waals surface area contributed by atoms with E-state index in [-0.39, 0.29) is 0 Å². The number of fused-ring (bicyclic) bond motifs is 1. The maximum Gasteiger partial charge on any atom is -0.0683 e. The third-order valence-electron chi connectivity index (χ3n) is 2.42. The molecule has 0 N–H and O–H groups in total. The zero-order chi connectivity index (χ0) is 15.5. The molecule has 0 atom stereocenters. The molecule has 0 aliphatic heterocycles. The fourth-order valence-corrected chi connectivity index (χ4v) is 3.23. The molecule has 2 aromatic rings. The van der Waals surface area contributed by atoms with E-state index in [2.05, 4.69) is 10.1 Å². The number of aromatic nitrogens is 3. The van der Waals surface area contributed by atoms with E-state index in [0.29, 0.717) is 4.44 Å². The summed E-state index contributed by atoms with van der Waals surface area (Å²) in [7, 11) is 0. The summed E-state index contributed by atoms with van der Waals surface area (Å²) in [6.45, 7) is 11.8. The molecule has 0 amide bonds. The third kappa shape index (κ3) is 4.89. The monoisotopic (exact) mass is 385 g/mol. The first-order chi connectivity index (χ1) is 9.76. The van der Waals surface area contributed by atoms with Gasteiger partial charge >= 0.3 is 104 Å². The number of hydrogen-bond acceptors (Lipinski definition) is 2. The summed E-state index contributed by atoms with van der Waals surface area (Å²) >= 11 is -1.72. The predicted molar refractivity (Wildman–Crippen MR) is 85.7 cm³/mol. The van der Waals surface area contributed by atoms with E-state index in [9.17, 15) is 2.87 Å². The Labute approximate surface area is 132 Å². The number of nitrogens with zero attached hydrogens (tertiary/aromatic N) is 3. The molecule has 0 spiro atoms. The second kappa shape index (κ2) is 10.8. The van der Waals surface area contributed by atoms with Crippen molar-refractivity contribution < 1.29 is 2.87 Å². The van der Waals surface area contributed by atoms with Gasteiger partial charge in [-0.05, 0) is 0 Å². The number of allylic oxidation sites excluding steroid dienone is 2. The molecule has 2 rings (SSSR count). The van der Waals surface area contributed by atoms with Gasteiger partial charge in [-0.3, -0.25) is 0 Å². The molecule has 3 nitrogen and oxygen atoms in total. The molecule has 0 bridgehead atoms. The molecule has 0 saturated carbocycles. The Morgan fingerprint density at radius 1 is 1.35 bits per heavy atom. The molecule has 0 aliphatic rings. The molecule has 0 saturated heterocycles. The standard InChI is InChI=1S/C11H12N3.2C2H6.FH.Sn/c1-4-8(2)10-6-5-7-14-11(10)12-9(3)13-14;2*1-2;;/h4-7H,2H2,1,3H3;2*1-2H3;1H;/q;;;;+1/p-1/b8-4+;;;;. The molecule has 110 valence electrons. The molecule has 5 heteroatoms. The molecule has 2 heterocycles. The molecular formula is C15H24FN3Sn. The van der Waals surface area contributed by atoms with Crippen LogP contribution < -0.4 is 0 Å². The van der Waals surface area contributed by atoms with Crippen LogP contribution >= 0.6 is 0 Å². The first-order valence-electron chi connectivity index (χ1n) is 7.07. The van der Waals surface area contributed by atoms with Gasteiger partial charge in [-0.1, -0.05) is 27.7 Å². The Kier molecular flexibility index (Phi) is 10.3. The molecule has 0 unspecified atom stereocenters. The SMILES string of the molecule is C/C=C(\[CH2][Sn][F])c1cccn2nc(C)nc12.CC.CC. The number of halogens is 1. The van der Waals surface area contributed by atoms with E-state index in [1.807, 2.05) is 65.9 Å². The molecule has 2 aromatic heterocycles. The van der Waals surface area contributed by atoms with Crippen molar-refractivity contribution in [3.8, 4) is 0 Å². The van der Waals surface area contributed by atoms with Gasteiger partial charge in [0.1, 0.15) is 0 Å². The average molecular weight is 384 g/mol. The van der Waals surface area contributed by atoms with Crippen LogP contribution in [0.3, 0.4) is 0 Å². The van der Waals surface area contributed by atoms with Gasteiger partial charge in [0, 0.05) is 0 Å². The Hall–Kier alpha value is -0.911. The minimum absolute atomic E-state index is 0.589. The second-order valence-electron chi connectivity index (χ2n) is 3.47. The largest absolute Gasteiger partial charge is 0.0683 e. The first kappa shape index (κ1) is 19.1. The van der Waals surface area contributed by atoms with Crippen LogP contribution in [0.1, 0.15) is 46.0 Å². The normalized spacial score (nSPS) is 10.4. The number of hydrogen-bond donors (Lipinski definition) is 0. The maximum absolute atomic E-state index is 12.6. The van der Waals surface area contributed by atoms with Crippen LogP contribution in [0, 0.1) is 6.92 Å². The summed E-state index contributed by atoms with van der Waals surface area (Å²) in [4.78, 5) is 4.37. The van der Waals surface area contributed by atoms with Gasteiger partial charge in [-0.25, -0.2) is 0 Å². The molecule has 0 aromatic carbocycles. The molecule has 20 heavy (non-hydrogen) atoms. The third-order valence-corrected chi connectivity index (χ3v) is 3.89. The Balaban J connectivity index is 0.000000829. The van der Waals surface area contributed by atoms with E-state index < -0.39 is 21.7 Å². The van der Waals surface area contributed by atoms with Crippen molar-refractivity contribution in [3.63, 3.8) is 0 Å². The average Bonchev–Trinajstić information content (AvgIpc) is 2.89. The van der Waals surface area contributed by atoms with Crippen LogP contribution in [-0.2, 0) is 0 Å². The number of pyridine rings is 1. The predicted octanol–water partition coefficient (Wildman–Crippen LogP) is 4.50. The summed E-state index contributed by atoms with van der Waals surface area (Å²) in [6, 6.07) is 3.90. The Morgan fingerprint density at radius 3 is 2.55 bits per heavy atom. The summed E-state index contributed by atoms with van der Waals surface area (Å²) in [6.07, 6.45) is 3.83. The van der Waals surface area contributed by atoms with Crippen LogP contribution in [0.15, 0.2) is 24.4 Å². The van der Waals surface area contributed by atoms with Gasteiger partial charge in [0.2, 0.25) is 0 Å². The Morgan fingerprint density at radius 2 is 2.00 bits per heavy atom. The minimum Gasteiger partial charge on any atom is -0.0683 e. The van der Waals surface area contributed by atoms with Crippen LogP contribution in [-0.4, -0.2) is 36.3 Å². The van der Waals surface area contributed by atoms with Crippen molar-refractivity contribution in [3.05, 3.63) is 35.8 Å². The van der Waals surface area contributed by atoms with Crippen LogP contribution in [0.2, 0.25) is 4.44 Å². The molecule has 0 fully saturated rings. The fourth-order valence-electron chi connectivity index (χ4n) is 1.69. The van der Waals surface area contributed by atoms with E-state index >= 15 is 0 Å². The van der Waals surface area contributed by atoms with Crippen molar-refractivity contribution in [1.82, 2.24) is 14.6 Å². The van der Waals surface area contributed by atoms with Crippen LogP contribution in [0.5, 0.6) is 0 Å². The van der Waals surface area contributed by atoms with Crippen molar-refractivity contribution in [2.24, 2.45) is 0 Å². The van der Waals surface area contributed by atoms with Gasteiger partial charge < -0.3 is 0 Å². The fraction of sp³-hybridized carbons (Fsp3) is 0.467. The van der Waals surface area contributed by atoms with E-state index in [0.717, 1.165) is 22.6 Å². The minimum atomic E-state index is -1.72. The maximum atomic E-state index is 12.6. The second-order valence-corrected chi connectivity index (χ2v) is 5.25. The summed E-state index contributed by atoms with van der Waals surface area (Å²) in [5.41, 5.74) is 2.87. The van der Waals surface area contributed by atoms with Gasteiger partial charge in [-0.2, -0.15) is 0 Å². The number of rotatable bonds is 3. The zero-order valence-corrected chi connectivity index (χ0v) is 16.1. The van der Waals surface area contributed by atoms with Gasteiger partial charge in [0.05, 0.1) is 0 Å². The van der Waals surface area contributed by atoms with E-state index in [1.165, 1.54) is 0 Å². The van der Waals surface area contributed by atoms with Gasteiger partial charge in [0.15, 0.2) is 0 Å². The quantitative estimate of drug-likeness (QED) is 0.730. The van der Waals surface area contributed by atoms with E-state index in [1.54, 1.807) is 4.52 Å². The smallest absolute Gasteiger partial charge is 0.0683 e. The van der Waals surface area contributed by atoms with Crippen LogP contribution in [0.25, 0.3) is 11.2 Å². The number of aryl methyl sites for hydroxylation is 1. The van der Waals surface area contributed by atoms with Crippen molar-refractivity contribution in [2.45, 2.75) is 46.0 Å². The topological polar surface area (TPSA) is 30.2 Å². The van der Waals surface area contributed by atoms with Crippen LogP contribution in [0.4, 0.5) is 2.87 Å². The van der Waals surface area contributed by atoms with Crippen molar-refractivity contribution in [2.75, 3.05) is 0 Å². The first-order valence-corrected chi connectivity index (χ1v) is 10.2. The molecule has 2 radical (unpaired) electrons.